The summed E-state index contributed by atoms with van der Waals surface area (Å²) < 4.78 is 18.6. The van der Waals surface area contributed by atoms with Crippen molar-refractivity contribution in [3.63, 3.8) is 0 Å². The maximum Gasteiger partial charge on any atom is 0.157 e. The van der Waals surface area contributed by atoms with E-state index in [1.807, 2.05) is 13.8 Å². The molecular formula is C16H22FNO2. The number of morpholine rings is 1. The van der Waals surface area contributed by atoms with Crippen molar-refractivity contribution in [2.75, 3.05) is 26.3 Å². The lowest BCUT2D eigenvalue weighted by atomic mass is 9.87. The number of ketones is 1. The third kappa shape index (κ3) is 3.25. The van der Waals surface area contributed by atoms with E-state index in [0.29, 0.717) is 13.2 Å². The summed E-state index contributed by atoms with van der Waals surface area (Å²) in [5.41, 5.74) is 0.249. The van der Waals surface area contributed by atoms with Crippen LogP contribution in [0.3, 0.4) is 0 Å². The van der Waals surface area contributed by atoms with Gasteiger partial charge in [-0.3, -0.25) is 9.69 Å². The van der Waals surface area contributed by atoms with Gasteiger partial charge in [0.1, 0.15) is 5.82 Å². The first kappa shape index (κ1) is 15.1. The van der Waals surface area contributed by atoms with Crippen LogP contribution in [0.4, 0.5) is 4.39 Å². The Balaban J connectivity index is 2.11. The molecule has 1 aliphatic heterocycles. The smallest absolute Gasteiger partial charge is 0.157 e. The van der Waals surface area contributed by atoms with E-state index in [1.54, 1.807) is 12.1 Å². The third-order valence-electron chi connectivity index (χ3n) is 4.25. The van der Waals surface area contributed by atoms with Crippen LogP contribution in [0.15, 0.2) is 24.3 Å². The van der Waals surface area contributed by atoms with Gasteiger partial charge in [-0.15, -0.1) is 0 Å². The number of rotatable bonds is 5. The van der Waals surface area contributed by atoms with E-state index in [9.17, 15) is 9.18 Å². The van der Waals surface area contributed by atoms with Crippen molar-refractivity contribution in [1.29, 1.82) is 0 Å². The van der Waals surface area contributed by atoms with Gasteiger partial charge in [-0.25, -0.2) is 4.39 Å². The lowest BCUT2D eigenvalue weighted by molar-refractivity contribution is -0.133. The van der Waals surface area contributed by atoms with Crippen LogP contribution in [0.1, 0.15) is 25.8 Å². The number of carbonyl (C=O) groups is 1. The molecular weight excluding hydrogens is 257 g/mol. The second-order valence-electron chi connectivity index (χ2n) is 5.46. The Morgan fingerprint density at radius 1 is 1.40 bits per heavy atom. The monoisotopic (exact) mass is 279 g/mol. The topological polar surface area (TPSA) is 29.5 Å². The molecule has 1 heterocycles. The molecule has 3 nitrogen and oxygen atoms in total. The summed E-state index contributed by atoms with van der Waals surface area (Å²) in [5.74, 6) is -0.146. The maximum absolute atomic E-state index is 13.2. The number of hydrogen-bond acceptors (Lipinski definition) is 3. The minimum atomic E-state index is -0.490. The Bertz CT molecular complexity index is 471. The van der Waals surface area contributed by atoms with Gasteiger partial charge in [-0.2, -0.15) is 0 Å². The zero-order chi connectivity index (χ0) is 14.6. The van der Waals surface area contributed by atoms with E-state index in [1.165, 1.54) is 12.1 Å². The van der Waals surface area contributed by atoms with Crippen LogP contribution in [0.2, 0.25) is 0 Å². The molecule has 1 unspecified atom stereocenters. The van der Waals surface area contributed by atoms with Gasteiger partial charge in [0.2, 0.25) is 0 Å². The van der Waals surface area contributed by atoms with Crippen molar-refractivity contribution in [3.05, 3.63) is 35.6 Å². The molecule has 0 bridgehead atoms. The van der Waals surface area contributed by atoms with Crippen LogP contribution in [0.5, 0.6) is 0 Å². The number of ether oxygens (including phenoxy) is 1. The zero-order valence-corrected chi connectivity index (χ0v) is 12.2. The molecule has 0 amide bonds. The molecule has 1 atom stereocenters. The van der Waals surface area contributed by atoms with Gasteiger partial charge < -0.3 is 4.74 Å². The largest absolute Gasteiger partial charge is 0.379 e. The van der Waals surface area contributed by atoms with Gasteiger partial charge in [0.05, 0.1) is 18.8 Å². The minimum absolute atomic E-state index is 0.146. The highest BCUT2D eigenvalue weighted by Crippen LogP contribution is 2.24. The molecule has 0 N–H and O–H groups in total. The minimum Gasteiger partial charge on any atom is -0.379 e. The standard InChI is InChI=1S/C16H22FNO2/c1-3-16(2,18-7-9-20-10-8-18)15(19)12-13-5-4-6-14(17)11-13/h4-6,11H,3,7-10,12H2,1-2H3. The molecule has 1 aromatic rings. The first-order valence-corrected chi connectivity index (χ1v) is 7.17. The van der Waals surface area contributed by atoms with Crippen LogP contribution >= 0.6 is 0 Å². The number of Topliss-reactive ketones (excluding diaryl/α,β-unsaturated/α-hetero) is 1. The van der Waals surface area contributed by atoms with E-state index >= 15 is 0 Å². The van der Waals surface area contributed by atoms with Gasteiger partial charge in [-0.1, -0.05) is 19.1 Å². The van der Waals surface area contributed by atoms with Crippen LogP contribution in [-0.2, 0) is 16.0 Å². The second-order valence-corrected chi connectivity index (χ2v) is 5.46. The summed E-state index contributed by atoms with van der Waals surface area (Å²) in [5, 5.41) is 0. The Labute approximate surface area is 119 Å². The normalized spacial score (nSPS) is 19.6. The third-order valence-corrected chi connectivity index (χ3v) is 4.25. The molecule has 110 valence electrons. The molecule has 0 radical (unpaired) electrons. The lowest BCUT2D eigenvalue weighted by Gasteiger charge is -2.41. The Hall–Kier alpha value is -1.26. The van der Waals surface area contributed by atoms with Crippen LogP contribution < -0.4 is 0 Å². The molecule has 2 rings (SSSR count). The van der Waals surface area contributed by atoms with E-state index in [-0.39, 0.29) is 18.0 Å². The quantitative estimate of drug-likeness (QED) is 0.829. The average molecular weight is 279 g/mol. The molecule has 0 saturated carbocycles. The summed E-state index contributed by atoms with van der Waals surface area (Å²) in [6.45, 7) is 6.91. The van der Waals surface area contributed by atoms with Gasteiger partial charge in [0, 0.05) is 19.5 Å². The highest BCUT2D eigenvalue weighted by atomic mass is 19.1. The summed E-state index contributed by atoms with van der Waals surface area (Å²) in [6.07, 6.45) is 1.03. The first-order chi connectivity index (χ1) is 9.56. The van der Waals surface area contributed by atoms with Gasteiger partial charge in [0.15, 0.2) is 5.78 Å². The number of nitrogens with zero attached hydrogens (tertiary/aromatic N) is 1. The number of benzene rings is 1. The summed E-state index contributed by atoms with van der Waals surface area (Å²) in [7, 11) is 0. The van der Waals surface area contributed by atoms with Gasteiger partial charge in [0.25, 0.3) is 0 Å². The summed E-state index contributed by atoms with van der Waals surface area (Å²) in [6, 6.07) is 6.29. The predicted octanol–water partition coefficient (Wildman–Crippen LogP) is 2.44. The van der Waals surface area contributed by atoms with E-state index in [4.69, 9.17) is 4.74 Å². The van der Waals surface area contributed by atoms with Crippen molar-refractivity contribution >= 4 is 5.78 Å². The summed E-state index contributed by atoms with van der Waals surface area (Å²) in [4.78, 5) is 14.9. The van der Waals surface area contributed by atoms with Crippen molar-refractivity contribution in [2.45, 2.75) is 32.2 Å². The Morgan fingerprint density at radius 2 is 2.10 bits per heavy atom. The summed E-state index contributed by atoms with van der Waals surface area (Å²) >= 11 is 0. The first-order valence-electron chi connectivity index (χ1n) is 7.17. The molecule has 1 fully saturated rings. The second kappa shape index (κ2) is 6.46. The number of carbonyl (C=O) groups excluding carboxylic acids is 1. The molecule has 0 aromatic heterocycles. The zero-order valence-electron chi connectivity index (χ0n) is 12.2. The van der Waals surface area contributed by atoms with Crippen LogP contribution in [0, 0.1) is 5.82 Å². The fourth-order valence-electron chi connectivity index (χ4n) is 2.68. The molecule has 1 aromatic carbocycles. The highest BCUT2D eigenvalue weighted by Gasteiger charge is 2.37. The van der Waals surface area contributed by atoms with Gasteiger partial charge >= 0.3 is 0 Å². The lowest BCUT2D eigenvalue weighted by Crippen LogP contribution is -2.56. The van der Waals surface area contributed by atoms with Crippen molar-refractivity contribution < 1.29 is 13.9 Å². The molecule has 20 heavy (non-hydrogen) atoms. The molecule has 0 aliphatic carbocycles. The fraction of sp³-hybridized carbons (Fsp3) is 0.562. The van der Waals surface area contributed by atoms with Crippen LogP contribution in [0.25, 0.3) is 0 Å². The molecule has 0 spiro atoms. The van der Waals surface area contributed by atoms with Crippen molar-refractivity contribution in [2.24, 2.45) is 0 Å². The highest BCUT2D eigenvalue weighted by molar-refractivity contribution is 5.89. The van der Waals surface area contributed by atoms with Crippen LogP contribution in [-0.4, -0.2) is 42.5 Å². The Morgan fingerprint density at radius 3 is 2.70 bits per heavy atom. The van der Waals surface area contributed by atoms with Crippen molar-refractivity contribution in [3.8, 4) is 0 Å². The molecule has 1 saturated heterocycles. The molecule has 4 heteroatoms. The predicted molar refractivity (Wildman–Crippen MR) is 76.2 cm³/mol. The molecule has 1 aliphatic rings. The van der Waals surface area contributed by atoms with E-state index in [2.05, 4.69) is 4.90 Å². The van der Waals surface area contributed by atoms with Gasteiger partial charge in [-0.05, 0) is 31.0 Å². The van der Waals surface area contributed by atoms with E-state index < -0.39 is 5.54 Å². The fourth-order valence-corrected chi connectivity index (χ4v) is 2.68. The Kier molecular flexibility index (Phi) is 4.89. The average Bonchev–Trinajstić information content (AvgIpc) is 2.47. The SMILES string of the molecule is CCC(C)(C(=O)Cc1cccc(F)c1)N1CCOCC1. The van der Waals surface area contributed by atoms with Crippen molar-refractivity contribution in [1.82, 2.24) is 4.90 Å². The number of halogens is 1. The maximum atomic E-state index is 13.2. The number of hydrogen-bond donors (Lipinski definition) is 0. The van der Waals surface area contributed by atoms with E-state index in [0.717, 1.165) is 25.1 Å².